The molecule has 0 atom stereocenters. The first-order chi connectivity index (χ1) is 9.54. The minimum Gasteiger partial charge on any atom is -0.481 e. The Bertz CT molecular complexity index is 742. The first-order valence-corrected chi connectivity index (χ1v) is 9.12. The summed E-state index contributed by atoms with van der Waals surface area (Å²) in [5, 5.41) is 8.43. The number of sulfonamides is 1. The van der Waals surface area contributed by atoms with Crippen LogP contribution >= 0.6 is 0 Å². The normalized spacial score (nSPS) is 12.3. The lowest BCUT2D eigenvalue weighted by molar-refractivity contribution is -0.137. The molecule has 1 rings (SSSR count). The quantitative estimate of drug-likeness (QED) is 0.547. The van der Waals surface area contributed by atoms with Gasteiger partial charge in [0.15, 0.2) is 9.84 Å². The summed E-state index contributed by atoms with van der Waals surface area (Å²) in [6.45, 7) is -0.197. The minimum absolute atomic E-state index is 0.0297. The summed E-state index contributed by atoms with van der Waals surface area (Å²) in [6, 6.07) is 2.44. The van der Waals surface area contributed by atoms with E-state index in [2.05, 4.69) is 0 Å². The van der Waals surface area contributed by atoms with Gasteiger partial charge in [0.05, 0.1) is 4.90 Å². The van der Waals surface area contributed by atoms with Crippen LogP contribution in [-0.2, 0) is 24.7 Å². The van der Waals surface area contributed by atoms with Crippen LogP contribution in [0.15, 0.2) is 28.0 Å². The summed E-state index contributed by atoms with van der Waals surface area (Å²) >= 11 is 0. The molecule has 10 heteroatoms. The van der Waals surface area contributed by atoms with Gasteiger partial charge in [0.25, 0.3) is 0 Å². The van der Waals surface area contributed by atoms with E-state index in [9.17, 15) is 26.0 Å². The zero-order valence-electron chi connectivity index (χ0n) is 11.0. The van der Waals surface area contributed by atoms with Gasteiger partial charge in [-0.2, -0.15) is 0 Å². The summed E-state index contributed by atoms with van der Waals surface area (Å²) in [5.41, 5.74) is 0. The molecular formula is C11H14FNO6S2. The number of carbonyl (C=O) groups is 1. The number of halogens is 1. The van der Waals surface area contributed by atoms with E-state index >= 15 is 0 Å². The third-order valence-electron chi connectivity index (χ3n) is 2.48. The zero-order valence-corrected chi connectivity index (χ0v) is 12.7. The molecule has 1 aromatic carbocycles. The van der Waals surface area contributed by atoms with Gasteiger partial charge in [0.1, 0.15) is 10.7 Å². The molecule has 7 nitrogen and oxygen atoms in total. The fourth-order valence-electron chi connectivity index (χ4n) is 1.44. The molecule has 0 saturated heterocycles. The third-order valence-corrected chi connectivity index (χ3v) is 5.07. The monoisotopic (exact) mass is 339 g/mol. The van der Waals surface area contributed by atoms with Crippen LogP contribution in [0.2, 0.25) is 0 Å². The molecule has 0 amide bonds. The number of nitrogens with one attached hydrogen (secondary N) is 1. The molecule has 0 aliphatic heterocycles. The number of aliphatic carboxylic acids is 1. The van der Waals surface area contributed by atoms with E-state index in [1.807, 2.05) is 4.72 Å². The number of sulfone groups is 1. The van der Waals surface area contributed by atoms with Gasteiger partial charge < -0.3 is 5.11 Å². The number of carboxylic acid groups (broad SMARTS) is 1. The Kier molecular flexibility index (Phi) is 5.42. The molecule has 0 radical (unpaired) electrons. The molecule has 118 valence electrons. The van der Waals surface area contributed by atoms with Crippen LogP contribution < -0.4 is 4.72 Å². The summed E-state index contributed by atoms with van der Waals surface area (Å²) in [5.74, 6) is -2.17. The molecule has 21 heavy (non-hydrogen) atoms. The summed E-state index contributed by atoms with van der Waals surface area (Å²) in [7, 11) is -7.93. The van der Waals surface area contributed by atoms with E-state index in [-0.39, 0.29) is 24.3 Å². The van der Waals surface area contributed by atoms with Crippen molar-refractivity contribution < 1.29 is 31.1 Å². The van der Waals surface area contributed by atoms with Crippen LogP contribution in [0.25, 0.3) is 0 Å². The van der Waals surface area contributed by atoms with E-state index in [1.165, 1.54) is 0 Å². The second kappa shape index (κ2) is 6.50. The molecule has 0 heterocycles. The SMILES string of the molecule is CS(=O)(=O)c1ccc(F)c(S(=O)(=O)NCCCC(=O)O)c1. The molecule has 2 N–H and O–H groups in total. The molecule has 1 aromatic rings. The molecule has 0 aromatic heterocycles. The average Bonchev–Trinajstić information content (AvgIpc) is 2.33. The Morgan fingerprint density at radius 1 is 1.29 bits per heavy atom. The lowest BCUT2D eigenvalue weighted by atomic mass is 10.3. The van der Waals surface area contributed by atoms with Gasteiger partial charge in [0.2, 0.25) is 10.0 Å². The highest BCUT2D eigenvalue weighted by Gasteiger charge is 2.21. The first kappa shape index (κ1) is 17.5. The third kappa shape index (κ3) is 5.06. The van der Waals surface area contributed by atoms with Crippen molar-refractivity contribution in [3.05, 3.63) is 24.0 Å². The minimum atomic E-state index is -4.25. The lowest BCUT2D eigenvalue weighted by Crippen LogP contribution is -2.26. The van der Waals surface area contributed by atoms with Crippen molar-refractivity contribution in [3.63, 3.8) is 0 Å². The van der Waals surface area contributed by atoms with E-state index in [4.69, 9.17) is 5.11 Å². The van der Waals surface area contributed by atoms with Gasteiger partial charge in [-0.3, -0.25) is 4.79 Å². The van der Waals surface area contributed by atoms with Crippen LogP contribution in [0, 0.1) is 5.82 Å². The predicted molar refractivity (Wildman–Crippen MR) is 71.6 cm³/mol. The van der Waals surface area contributed by atoms with Gasteiger partial charge in [0, 0.05) is 19.2 Å². The molecule has 0 aliphatic carbocycles. The van der Waals surface area contributed by atoms with Crippen molar-refractivity contribution in [2.75, 3.05) is 12.8 Å². The smallest absolute Gasteiger partial charge is 0.303 e. The largest absolute Gasteiger partial charge is 0.481 e. The van der Waals surface area contributed by atoms with Crippen molar-refractivity contribution in [3.8, 4) is 0 Å². The maximum Gasteiger partial charge on any atom is 0.303 e. The van der Waals surface area contributed by atoms with Gasteiger partial charge in [-0.1, -0.05) is 0 Å². The van der Waals surface area contributed by atoms with Crippen molar-refractivity contribution in [2.24, 2.45) is 0 Å². The fraction of sp³-hybridized carbons (Fsp3) is 0.364. The molecular weight excluding hydrogens is 325 g/mol. The summed E-state index contributed by atoms with van der Waals surface area (Å²) in [6.07, 6.45) is 0.660. The Hall–Kier alpha value is -1.52. The molecule has 0 spiro atoms. The van der Waals surface area contributed by atoms with Crippen molar-refractivity contribution in [1.29, 1.82) is 0 Å². The van der Waals surface area contributed by atoms with Crippen molar-refractivity contribution in [1.82, 2.24) is 4.72 Å². The molecule has 0 fully saturated rings. The Morgan fingerprint density at radius 2 is 1.90 bits per heavy atom. The number of benzene rings is 1. The van der Waals surface area contributed by atoms with Crippen LogP contribution in [0.1, 0.15) is 12.8 Å². The molecule has 0 bridgehead atoms. The maximum atomic E-state index is 13.6. The molecule has 0 saturated carbocycles. The Morgan fingerprint density at radius 3 is 2.43 bits per heavy atom. The Balaban J connectivity index is 3.00. The Labute approximate surface area is 121 Å². The standard InChI is InChI=1S/C11H14FNO6S2/c1-20(16,17)8-4-5-9(12)10(7-8)21(18,19)13-6-2-3-11(14)15/h4-5,7,13H,2-3,6H2,1H3,(H,14,15). The van der Waals surface area contributed by atoms with E-state index in [0.717, 1.165) is 24.5 Å². The van der Waals surface area contributed by atoms with Gasteiger partial charge in [-0.05, 0) is 24.6 Å². The lowest BCUT2D eigenvalue weighted by Gasteiger charge is -2.08. The van der Waals surface area contributed by atoms with Gasteiger partial charge in [-0.15, -0.1) is 0 Å². The summed E-state index contributed by atoms with van der Waals surface area (Å²) in [4.78, 5) is 9.18. The number of hydrogen-bond donors (Lipinski definition) is 2. The first-order valence-electron chi connectivity index (χ1n) is 5.75. The van der Waals surface area contributed by atoms with Gasteiger partial charge >= 0.3 is 5.97 Å². The van der Waals surface area contributed by atoms with Crippen molar-refractivity contribution >= 4 is 25.8 Å². The van der Waals surface area contributed by atoms with E-state index < -0.39 is 36.5 Å². The van der Waals surface area contributed by atoms with Gasteiger partial charge in [-0.25, -0.2) is 25.9 Å². The highest BCUT2D eigenvalue weighted by molar-refractivity contribution is 7.91. The van der Waals surface area contributed by atoms with Crippen LogP contribution in [0.4, 0.5) is 4.39 Å². The average molecular weight is 339 g/mol. The van der Waals surface area contributed by atoms with Crippen LogP contribution in [-0.4, -0.2) is 40.7 Å². The predicted octanol–water partition coefficient (Wildman–Crippen LogP) is 0.372. The zero-order chi connectivity index (χ0) is 16.3. The second-order valence-corrected chi connectivity index (χ2v) is 8.01. The number of carboxylic acids is 1. The fourth-order valence-corrected chi connectivity index (χ4v) is 3.34. The number of hydrogen-bond acceptors (Lipinski definition) is 5. The van der Waals surface area contributed by atoms with E-state index in [1.54, 1.807) is 0 Å². The highest BCUT2D eigenvalue weighted by atomic mass is 32.2. The topological polar surface area (TPSA) is 118 Å². The number of rotatable bonds is 7. The van der Waals surface area contributed by atoms with Crippen molar-refractivity contribution in [2.45, 2.75) is 22.6 Å². The highest BCUT2D eigenvalue weighted by Crippen LogP contribution is 2.19. The van der Waals surface area contributed by atoms with Crippen LogP contribution in [0.5, 0.6) is 0 Å². The van der Waals surface area contributed by atoms with E-state index in [0.29, 0.717) is 0 Å². The second-order valence-electron chi connectivity index (χ2n) is 4.26. The molecule has 0 unspecified atom stereocenters. The molecule has 0 aliphatic rings. The maximum absolute atomic E-state index is 13.6. The van der Waals surface area contributed by atoms with Crippen LogP contribution in [0.3, 0.4) is 0 Å². The summed E-state index contributed by atoms with van der Waals surface area (Å²) < 4.78 is 62.1.